The molecule has 0 heterocycles. The molecule has 0 saturated carbocycles. The third-order valence-corrected chi connectivity index (χ3v) is 1.75. The zero-order valence-electron chi connectivity index (χ0n) is 7.05. The van der Waals surface area contributed by atoms with Gasteiger partial charge in [-0.05, 0) is 19.3 Å². The van der Waals surface area contributed by atoms with E-state index in [0.717, 1.165) is 6.42 Å². The average molecular weight is 140 g/mol. The maximum absolute atomic E-state index is 10.9. The topological polar surface area (TPSA) is 17.1 Å². The first kappa shape index (κ1) is 9.41. The summed E-state index contributed by atoms with van der Waals surface area (Å²) >= 11 is 0. The molecule has 0 saturated heterocycles. The highest BCUT2D eigenvalue weighted by molar-refractivity contribution is 5.78. The summed E-state index contributed by atoms with van der Waals surface area (Å²) < 4.78 is 0. The molecule has 0 aromatic carbocycles. The molecule has 0 amide bonds. The van der Waals surface area contributed by atoms with E-state index in [-0.39, 0.29) is 11.7 Å². The highest BCUT2D eigenvalue weighted by Crippen LogP contribution is 2.15. The van der Waals surface area contributed by atoms with Crippen LogP contribution in [0.4, 0.5) is 0 Å². The molecule has 1 unspecified atom stereocenters. The van der Waals surface area contributed by atoms with Gasteiger partial charge in [0.2, 0.25) is 0 Å². The van der Waals surface area contributed by atoms with Crippen LogP contribution in [0, 0.1) is 11.8 Å². The second kappa shape index (κ2) is 4.26. The first-order valence-corrected chi connectivity index (χ1v) is 3.71. The Labute approximate surface area is 63.1 Å². The summed E-state index contributed by atoms with van der Waals surface area (Å²) in [5.74, 6) is 0.892. The van der Waals surface area contributed by atoms with Crippen molar-refractivity contribution in [3.63, 3.8) is 0 Å². The van der Waals surface area contributed by atoms with Crippen LogP contribution in [0.25, 0.3) is 0 Å². The Morgan fingerprint density at radius 3 is 2.20 bits per heavy atom. The van der Waals surface area contributed by atoms with Gasteiger partial charge < -0.3 is 0 Å². The molecule has 0 bridgehead atoms. The first-order valence-electron chi connectivity index (χ1n) is 3.71. The molecule has 0 aromatic heterocycles. The minimum absolute atomic E-state index is 0.178. The maximum atomic E-state index is 10.9. The van der Waals surface area contributed by atoms with E-state index >= 15 is 0 Å². The van der Waals surface area contributed by atoms with Crippen molar-refractivity contribution in [2.24, 2.45) is 11.8 Å². The van der Waals surface area contributed by atoms with E-state index in [1.54, 1.807) is 6.92 Å². The van der Waals surface area contributed by atoms with Crippen molar-refractivity contribution < 1.29 is 4.79 Å². The SMILES string of the molecule is C=CCC(C(C)=O)C(C)C. The molecule has 0 N–H and O–H groups in total. The van der Waals surface area contributed by atoms with Crippen molar-refractivity contribution >= 4 is 5.78 Å². The second-order valence-electron chi connectivity index (χ2n) is 2.99. The third kappa shape index (κ3) is 2.81. The van der Waals surface area contributed by atoms with Gasteiger partial charge in [0.1, 0.15) is 5.78 Å². The van der Waals surface area contributed by atoms with Crippen LogP contribution in [0.1, 0.15) is 27.2 Å². The molecule has 0 spiro atoms. The number of carbonyl (C=O) groups excluding carboxylic acids is 1. The number of carbonyl (C=O) groups is 1. The van der Waals surface area contributed by atoms with Crippen LogP contribution < -0.4 is 0 Å². The average Bonchev–Trinajstić information content (AvgIpc) is 1.81. The molecule has 58 valence electrons. The molecule has 1 atom stereocenters. The van der Waals surface area contributed by atoms with E-state index in [1.165, 1.54) is 0 Å². The zero-order valence-corrected chi connectivity index (χ0v) is 7.05. The van der Waals surface area contributed by atoms with Crippen molar-refractivity contribution in [3.05, 3.63) is 12.7 Å². The van der Waals surface area contributed by atoms with Crippen LogP contribution in [-0.4, -0.2) is 5.78 Å². The molecule has 0 aromatic rings. The van der Waals surface area contributed by atoms with Crippen LogP contribution >= 0.6 is 0 Å². The summed E-state index contributed by atoms with van der Waals surface area (Å²) in [6, 6.07) is 0. The summed E-state index contributed by atoms with van der Waals surface area (Å²) in [6.45, 7) is 9.39. The van der Waals surface area contributed by atoms with Gasteiger partial charge in [0.15, 0.2) is 0 Å². The summed E-state index contributed by atoms with van der Waals surface area (Å²) in [5.41, 5.74) is 0. The highest BCUT2D eigenvalue weighted by atomic mass is 16.1. The Hall–Kier alpha value is -0.590. The molecule has 0 rings (SSSR count). The molecule has 10 heavy (non-hydrogen) atoms. The van der Waals surface area contributed by atoms with Gasteiger partial charge in [-0.2, -0.15) is 0 Å². The Morgan fingerprint density at radius 2 is 2.10 bits per heavy atom. The lowest BCUT2D eigenvalue weighted by atomic mass is 9.89. The number of allylic oxidation sites excluding steroid dienone is 1. The lowest BCUT2D eigenvalue weighted by Crippen LogP contribution is -2.16. The summed E-state index contributed by atoms with van der Waals surface area (Å²) in [6.07, 6.45) is 2.62. The van der Waals surface area contributed by atoms with Crippen LogP contribution in [0.3, 0.4) is 0 Å². The fourth-order valence-electron chi connectivity index (χ4n) is 1.09. The number of rotatable bonds is 4. The van der Waals surface area contributed by atoms with Gasteiger partial charge in [-0.15, -0.1) is 6.58 Å². The van der Waals surface area contributed by atoms with Crippen LogP contribution in [0.2, 0.25) is 0 Å². The zero-order chi connectivity index (χ0) is 8.15. The molecule has 0 aliphatic carbocycles. The van der Waals surface area contributed by atoms with E-state index in [9.17, 15) is 4.79 Å². The van der Waals surface area contributed by atoms with Gasteiger partial charge in [0.05, 0.1) is 0 Å². The second-order valence-corrected chi connectivity index (χ2v) is 2.99. The third-order valence-electron chi connectivity index (χ3n) is 1.75. The van der Waals surface area contributed by atoms with E-state index in [0.29, 0.717) is 5.92 Å². The lowest BCUT2D eigenvalue weighted by molar-refractivity contribution is -0.121. The molecule has 0 aliphatic rings. The number of ketones is 1. The van der Waals surface area contributed by atoms with Gasteiger partial charge in [0, 0.05) is 5.92 Å². The number of Topliss-reactive ketones (excluding diaryl/α,β-unsaturated/α-hetero) is 1. The van der Waals surface area contributed by atoms with E-state index < -0.39 is 0 Å². The molecular weight excluding hydrogens is 124 g/mol. The van der Waals surface area contributed by atoms with Gasteiger partial charge in [-0.1, -0.05) is 19.9 Å². The predicted molar refractivity (Wildman–Crippen MR) is 43.8 cm³/mol. The minimum Gasteiger partial charge on any atom is -0.300 e. The Morgan fingerprint density at radius 1 is 1.60 bits per heavy atom. The van der Waals surface area contributed by atoms with Crippen molar-refractivity contribution in [1.29, 1.82) is 0 Å². The van der Waals surface area contributed by atoms with Crippen molar-refractivity contribution in [2.45, 2.75) is 27.2 Å². The Balaban J connectivity index is 3.97. The van der Waals surface area contributed by atoms with E-state index in [1.807, 2.05) is 6.08 Å². The largest absolute Gasteiger partial charge is 0.300 e. The van der Waals surface area contributed by atoms with Crippen LogP contribution in [0.15, 0.2) is 12.7 Å². The predicted octanol–water partition coefficient (Wildman–Crippen LogP) is 2.42. The van der Waals surface area contributed by atoms with Gasteiger partial charge in [0.25, 0.3) is 0 Å². The Kier molecular flexibility index (Phi) is 4.01. The van der Waals surface area contributed by atoms with E-state index in [4.69, 9.17) is 0 Å². The quantitative estimate of drug-likeness (QED) is 0.548. The van der Waals surface area contributed by atoms with Crippen molar-refractivity contribution in [1.82, 2.24) is 0 Å². The summed E-state index contributed by atoms with van der Waals surface area (Å²) in [5, 5.41) is 0. The number of hydrogen-bond donors (Lipinski definition) is 0. The van der Waals surface area contributed by atoms with Crippen molar-refractivity contribution in [3.8, 4) is 0 Å². The monoisotopic (exact) mass is 140 g/mol. The molecule has 0 fully saturated rings. The fourth-order valence-corrected chi connectivity index (χ4v) is 1.09. The lowest BCUT2D eigenvalue weighted by Gasteiger charge is -2.14. The summed E-state index contributed by atoms with van der Waals surface area (Å²) in [7, 11) is 0. The van der Waals surface area contributed by atoms with Gasteiger partial charge in [-0.25, -0.2) is 0 Å². The standard InChI is InChI=1S/C9H16O/c1-5-6-9(7(2)3)8(4)10/h5,7,9H,1,6H2,2-4H3. The molecule has 0 aliphatic heterocycles. The highest BCUT2D eigenvalue weighted by Gasteiger charge is 2.15. The first-order chi connectivity index (χ1) is 4.59. The minimum atomic E-state index is 0.178. The van der Waals surface area contributed by atoms with Gasteiger partial charge >= 0.3 is 0 Å². The smallest absolute Gasteiger partial charge is 0.133 e. The van der Waals surface area contributed by atoms with Crippen molar-refractivity contribution in [2.75, 3.05) is 0 Å². The fraction of sp³-hybridized carbons (Fsp3) is 0.667. The maximum Gasteiger partial charge on any atom is 0.133 e. The summed E-state index contributed by atoms with van der Waals surface area (Å²) in [4.78, 5) is 10.9. The molecule has 1 nitrogen and oxygen atoms in total. The van der Waals surface area contributed by atoms with Gasteiger partial charge in [-0.3, -0.25) is 4.79 Å². The molecule has 1 heteroatoms. The van der Waals surface area contributed by atoms with Crippen LogP contribution in [-0.2, 0) is 4.79 Å². The number of hydrogen-bond acceptors (Lipinski definition) is 1. The van der Waals surface area contributed by atoms with Crippen LogP contribution in [0.5, 0.6) is 0 Å². The normalized spacial score (nSPS) is 13.2. The molecule has 0 radical (unpaired) electrons. The molecular formula is C9H16O. The van der Waals surface area contributed by atoms with E-state index in [2.05, 4.69) is 20.4 Å². The Bertz CT molecular complexity index is 125.